The molecule has 1 aromatic rings. The first-order valence-electron chi connectivity index (χ1n) is 9.01. The van der Waals surface area contributed by atoms with Gasteiger partial charge in [0.2, 0.25) is 0 Å². The molecule has 0 spiro atoms. The van der Waals surface area contributed by atoms with Crippen LogP contribution >= 0.6 is 0 Å². The molecule has 2 aliphatic carbocycles. The zero-order valence-corrected chi connectivity index (χ0v) is 14.0. The molecule has 0 bridgehead atoms. The van der Waals surface area contributed by atoms with Crippen LogP contribution in [0, 0.1) is 11.8 Å². The first kappa shape index (κ1) is 15.1. The Balaban J connectivity index is 1.68. The maximum absolute atomic E-state index is 3.92. The number of benzene rings is 1. The van der Waals surface area contributed by atoms with E-state index in [9.17, 15) is 0 Å². The van der Waals surface area contributed by atoms with Crippen LogP contribution in [0.1, 0.15) is 75.6 Å². The van der Waals surface area contributed by atoms with Crippen molar-refractivity contribution in [3.05, 3.63) is 34.9 Å². The number of hydrogen-bond donors (Lipinski definition) is 1. The molecule has 116 valence electrons. The SMILES string of the molecule is CC1CCC(C)C(NC(C)c2ccc3c(c2)CCCC3)C1. The maximum Gasteiger partial charge on any atom is 0.0294 e. The second-order valence-corrected chi connectivity index (χ2v) is 7.63. The van der Waals surface area contributed by atoms with Gasteiger partial charge in [-0.25, -0.2) is 0 Å². The minimum absolute atomic E-state index is 0.481. The van der Waals surface area contributed by atoms with Crippen molar-refractivity contribution in [2.24, 2.45) is 11.8 Å². The van der Waals surface area contributed by atoms with Crippen LogP contribution in [-0.4, -0.2) is 6.04 Å². The summed E-state index contributed by atoms with van der Waals surface area (Å²) in [6, 6.07) is 8.39. The van der Waals surface area contributed by atoms with Crippen molar-refractivity contribution >= 4 is 0 Å². The molecular weight excluding hydrogens is 254 g/mol. The zero-order valence-electron chi connectivity index (χ0n) is 14.0. The predicted molar refractivity (Wildman–Crippen MR) is 90.6 cm³/mol. The van der Waals surface area contributed by atoms with E-state index >= 15 is 0 Å². The lowest BCUT2D eigenvalue weighted by Gasteiger charge is -2.35. The number of nitrogens with one attached hydrogen (secondary N) is 1. The van der Waals surface area contributed by atoms with Gasteiger partial charge in [0.05, 0.1) is 0 Å². The van der Waals surface area contributed by atoms with Crippen LogP contribution in [0.15, 0.2) is 18.2 Å². The predicted octanol–water partition coefficient (Wildman–Crippen LogP) is 5.04. The van der Waals surface area contributed by atoms with Crippen molar-refractivity contribution in [3.8, 4) is 0 Å². The first-order valence-corrected chi connectivity index (χ1v) is 9.01. The summed E-state index contributed by atoms with van der Waals surface area (Å²) in [5.74, 6) is 1.70. The number of hydrogen-bond acceptors (Lipinski definition) is 1. The molecule has 4 unspecified atom stereocenters. The molecule has 1 fully saturated rings. The van der Waals surface area contributed by atoms with Crippen molar-refractivity contribution in [2.75, 3.05) is 0 Å². The standard InChI is InChI=1S/C20H31N/c1-14-8-9-15(2)20(12-14)21-16(3)18-11-10-17-6-4-5-7-19(17)13-18/h10-11,13-16,20-21H,4-9,12H2,1-3H3. The Kier molecular flexibility index (Phi) is 4.69. The zero-order chi connectivity index (χ0) is 14.8. The van der Waals surface area contributed by atoms with Gasteiger partial charge in [-0.05, 0) is 74.0 Å². The molecule has 4 atom stereocenters. The molecule has 1 N–H and O–H groups in total. The topological polar surface area (TPSA) is 12.0 Å². The van der Waals surface area contributed by atoms with E-state index in [0.29, 0.717) is 12.1 Å². The van der Waals surface area contributed by atoms with Crippen LogP contribution < -0.4 is 5.32 Å². The largest absolute Gasteiger partial charge is 0.307 e. The average Bonchev–Trinajstić information content (AvgIpc) is 2.50. The van der Waals surface area contributed by atoms with E-state index in [4.69, 9.17) is 0 Å². The van der Waals surface area contributed by atoms with E-state index in [-0.39, 0.29) is 0 Å². The molecule has 0 aromatic heterocycles. The number of aryl methyl sites for hydroxylation is 2. The summed E-state index contributed by atoms with van der Waals surface area (Å²) in [6.07, 6.45) is 9.45. The van der Waals surface area contributed by atoms with Gasteiger partial charge in [-0.15, -0.1) is 0 Å². The molecule has 0 saturated heterocycles. The molecule has 2 aliphatic rings. The first-order chi connectivity index (χ1) is 10.1. The van der Waals surface area contributed by atoms with Gasteiger partial charge in [0, 0.05) is 12.1 Å². The van der Waals surface area contributed by atoms with E-state index in [1.165, 1.54) is 50.5 Å². The van der Waals surface area contributed by atoms with E-state index < -0.39 is 0 Å². The van der Waals surface area contributed by atoms with Crippen LogP contribution in [-0.2, 0) is 12.8 Å². The van der Waals surface area contributed by atoms with Gasteiger partial charge in [-0.1, -0.05) is 38.5 Å². The summed E-state index contributed by atoms with van der Waals surface area (Å²) >= 11 is 0. The lowest BCUT2D eigenvalue weighted by molar-refractivity contribution is 0.216. The molecule has 3 rings (SSSR count). The summed E-state index contributed by atoms with van der Waals surface area (Å²) in [5.41, 5.74) is 4.69. The molecule has 0 heterocycles. The monoisotopic (exact) mass is 285 g/mol. The van der Waals surface area contributed by atoms with E-state index in [1.54, 1.807) is 11.1 Å². The van der Waals surface area contributed by atoms with Gasteiger partial charge in [0.15, 0.2) is 0 Å². The Bertz CT molecular complexity index is 479. The molecular formula is C20H31N. The van der Waals surface area contributed by atoms with Crippen LogP contribution in [0.2, 0.25) is 0 Å². The highest BCUT2D eigenvalue weighted by atomic mass is 15.0. The molecule has 21 heavy (non-hydrogen) atoms. The van der Waals surface area contributed by atoms with Gasteiger partial charge >= 0.3 is 0 Å². The Labute approximate surface area is 130 Å². The van der Waals surface area contributed by atoms with Gasteiger partial charge in [0.1, 0.15) is 0 Å². The van der Waals surface area contributed by atoms with Gasteiger partial charge in [-0.3, -0.25) is 0 Å². The normalized spacial score (nSPS) is 30.7. The highest BCUT2D eigenvalue weighted by molar-refractivity contribution is 5.35. The van der Waals surface area contributed by atoms with Crippen LogP contribution in [0.4, 0.5) is 0 Å². The number of fused-ring (bicyclic) bond motifs is 1. The van der Waals surface area contributed by atoms with Crippen molar-refractivity contribution in [3.63, 3.8) is 0 Å². The quantitative estimate of drug-likeness (QED) is 0.820. The molecule has 1 nitrogen and oxygen atoms in total. The minimum Gasteiger partial charge on any atom is -0.307 e. The summed E-state index contributed by atoms with van der Waals surface area (Å²) in [5, 5.41) is 3.92. The second kappa shape index (κ2) is 6.52. The minimum atomic E-state index is 0.481. The average molecular weight is 285 g/mol. The van der Waals surface area contributed by atoms with E-state index in [1.807, 2.05) is 0 Å². The van der Waals surface area contributed by atoms with Crippen molar-refractivity contribution < 1.29 is 0 Å². The van der Waals surface area contributed by atoms with Crippen molar-refractivity contribution in [1.29, 1.82) is 0 Å². The third kappa shape index (κ3) is 3.51. The van der Waals surface area contributed by atoms with Crippen LogP contribution in [0.5, 0.6) is 0 Å². The fourth-order valence-corrected chi connectivity index (χ4v) is 4.20. The summed E-state index contributed by atoms with van der Waals surface area (Å²) < 4.78 is 0. The Morgan fingerprint density at radius 1 is 1.05 bits per heavy atom. The second-order valence-electron chi connectivity index (χ2n) is 7.63. The molecule has 1 aromatic carbocycles. The summed E-state index contributed by atoms with van der Waals surface area (Å²) in [4.78, 5) is 0. The Hall–Kier alpha value is -0.820. The third-order valence-corrected chi connectivity index (χ3v) is 5.79. The van der Waals surface area contributed by atoms with Gasteiger partial charge in [-0.2, -0.15) is 0 Å². The van der Waals surface area contributed by atoms with Crippen molar-refractivity contribution in [1.82, 2.24) is 5.32 Å². The van der Waals surface area contributed by atoms with Gasteiger partial charge < -0.3 is 5.32 Å². The lowest BCUT2D eigenvalue weighted by atomic mass is 9.79. The Morgan fingerprint density at radius 3 is 2.62 bits per heavy atom. The molecule has 0 amide bonds. The molecule has 1 heteroatoms. The molecule has 1 saturated carbocycles. The van der Waals surface area contributed by atoms with E-state index in [2.05, 4.69) is 44.3 Å². The maximum atomic E-state index is 3.92. The smallest absolute Gasteiger partial charge is 0.0294 e. The Morgan fingerprint density at radius 2 is 1.81 bits per heavy atom. The molecule has 0 aliphatic heterocycles. The third-order valence-electron chi connectivity index (χ3n) is 5.79. The highest BCUT2D eigenvalue weighted by Gasteiger charge is 2.26. The number of rotatable bonds is 3. The summed E-state index contributed by atoms with van der Waals surface area (Å²) in [6.45, 7) is 7.17. The summed E-state index contributed by atoms with van der Waals surface area (Å²) in [7, 11) is 0. The van der Waals surface area contributed by atoms with Crippen LogP contribution in [0.3, 0.4) is 0 Å². The van der Waals surface area contributed by atoms with Crippen molar-refractivity contribution in [2.45, 2.75) is 77.8 Å². The lowest BCUT2D eigenvalue weighted by Crippen LogP contribution is -2.40. The molecule has 0 radical (unpaired) electrons. The fourth-order valence-electron chi connectivity index (χ4n) is 4.20. The highest BCUT2D eigenvalue weighted by Crippen LogP contribution is 2.31. The fraction of sp³-hybridized carbons (Fsp3) is 0.700. The van der Waals surface area contributed by atoms with E-state index in [0.717, 1.165) is 11.8 Å². The van der Waals surface area contributed by atoms with Crippen LogP contribution in [0.25, 0.3) is 0 Å². The van der Waals surface area contributed by atoms with Gasteiger partial charge in [0.25, 0.3) is 0 Å².